The monoisotopic (exact) mass is 344 g/mol. The van der Waals surface area contributed by atoms with Gasteiger partial charge in [0.05, 0.1) is 0 Å². The summed E-state index contributed by atoms with van der Waals surface area (Å²) in [4.78, 5) is 0. The van der Waals surface area contributed by atoms with Crippen molar-refractivity contribution in [2.24, 2.45) is 5.92 Å². The van der Waals surface area contributed by atoms with Crippen molar-refractivity contribution in [3.8, 4) is 11.1 Å². The lowest BCUT2D eigenvalue weighted by atomic mass is 9.76. The fraction of sp³-hybridized carbons (Fsp3) is 0.385. The Bertz CT molecular complexity index is 826. The third-order valence-electron chi connectivity index (χ3n) is 5.28. The molecule has 1 aliphatic rings. The van der Waals surface area contributed by atoms with Crippen LogP contribution in [0.25, 0.3) is 16.7 Å². The summed E-state index contributed by atoms with van der Waals surface area (Å²) < 4.78 is 0. The lowest BCUT2D eigenvalue weighted by Crippen LogP contribution is -2.15. The molecule has 26 heavy (non-hydrogen) atoms. The van der Waals surface area contributed by atoms with Gasteiger partial charge in [0.25, 0.3) is 0 Å². The Morgan fingerprint density at radius 1 is 0.962 bits per heavy atom. The van der Waals surface area contributed by atoms with Crippen LogP contribution in [0, 0.1) is 5.92 Å². The first-order valence-electron chi connectivity index (χ1n) is 9.90. The van der Waals surface area contributed by atoms with E-state index in [1.54, 1.807) is 0 Å². The molecule has 2 aromatic carbocycles. The van der Waals surface area contributed by atoms with Crippen molar-refractivity contribution in [1.82, 2.24) is 0 Å². The highest BCUT2D eigenvalue weighted by Crippen LogP contribution is 2.40. The van der Waals surface area contributed by atoms with E-state index in [-0.39, 0.29) is 5.41 Å². The molecule has 0 amide bonds. The molecular formula is C26H32. The molecule has 136 valence electrons. The van der Waals surface area contributed by atoms with E-state index in [9.17, 15) is 0 Å². The van der Waals surface area contributed by atoms with Gasteiger partial charge in [-0.2, -0.15) is 0 Å². The molecule has 0 aliphatic heterocycles. The Morgan fingerprint density at radius 3 is 2.23 bits per heavy atom. The first-order valence-corrected chi connectivity index (χ1v) is 9.90. The molecule has 0 nitrogen and oxygen atoms in total. The molecule has 2 aromatic rings. The Labute approximate surface area is 159 Å². The quantitative estimate of drug-likeness (QED) is 0.534. The average molecular weight is 345 g/mol. The summed E-state index contributed by atoms with van der Waals surface area (Å²) in [5.74, 6) is 1.10. The summed E-state index contributed by atoms with van der Waals surface area (Å²) in [6, 6.07) is 15.7. The zero-order valence-corrected chi connectivity index (χ0v) is 17.1. The number of rotatable bonds is 3. The maximum Gasteiger partial charge on any atom is -0.0125 e. The molecule has 0 saturated carbocycles. The molecule has 1 atom stereocenters. The number of hydrogen-bond donors (Lipinski definition) is 0. The van der Waals surface area contributed by atoms with E-state index in [2.05, 4.69) is 102 Å². The van der Waals surface area contributed by atoms with Crippen LogP contribution in [0.15, 0.2) is 60.7 Å². The first-order chi connectivity index (χ1) is 12.3. The van der Waals surface area contributed by atoms with E-state index in [1.165, 1.54) is 33.4 Å². The lowest BCUT2D eigenvalue weighted by molar-refractivity contribution is 0.588. The van der Waals surface area contributed by atoms with Gasteiger partial charge in [-0.15, -0.1) is 0 Å². The van der Waals surface area contributed by atoms with Crippen LogP contribution >= 0.6 is 0 Å². The predicted molar refractivity (Wildman–Crippen MR) is 116 cm³/mol. The number of benzene rings is 2. The molecular weight excluding hydrogens is 312 g/mol. The van der Waals surface area contributed by atoms with Gasteiger partial charge in [-0.05, 0) is 69.2 Å². The number of allylic oxidation sites excluding steroid dienone is 4. The lowest BCUT2D eigenvalue weighted by Gasteiger charge is -2.28. The van der Waals surface area contributed by atoms with Crippen molar-refractivity contribution in [1.29, 1.82) is 0 Å². The van der Waals surface area contributed by atoms with Crippen LogP contribution in [0.4, 0.5) is 0 Å². The summed E-state index contributed by atoms with van der Waals surface area (Å²) in [6.07, 6.45) is 8.23. The summed E-state index contributed by atoms with van der Waals surface area (Å²) >= 11 is 0. The summed E-state index contributed by atoms with van der Waals surface area (Å²) in [6.45, 7) is 13.9. The minimum absolute atomic E-state index is 0.101. The zero-order valence-electron chi connectivity index (χ0n) is 17.1. The summed E-state index contributed by atoms with van der Waals surface area (Å²) in [5, 5.41) is 0. The van der Waals surface area contributed by atoms with Crippen molar-refractivity contribution < 1.29 is 0 Å². The molecule has 0 heteroatoms. The molecule has 0 fully saturated rings. The van der Waals surface area contributed by atoms with Gasteiger partial charge in [0.1, 0.15) is 0 Å². The van der Waals surface area contributed by atoms with E-state index in [0.717, 1.165) is 6.42 Å². The van der Waals surface area contributed by atoms with Gasteiger partial charge in [-0.1, -0.05) is 90.1 Å². The van der Waals surface area contributed by atoms with Crippen LogP contribution in [0.5, 0.6) is 0 Å². The molecule has 1 aliphatic carbocycles. The highest BCUT2D eigenvalue weighted by molar-refractivity contribution is 5.81. The van der Waals surface area contributed by atoms with Crippen molar-refractivity contribution in [3.63, 3.8) is 0 Å². The summed E-state index contributed by atoms with van der Waals surface area (Å²) in [7, 11) is 0. The van der Waals surface area contributed by atoms with Crippen molar-refractivity contribution >= 4 is 5.57 Å². The third kappa shape index (κ3) is 3.85. The maximum atomic E-state index is 2.46. The molecule has 0 bridgehead atoms. The molecule has 3 rings (SSSR count). The molecule has 0 aromatic heterocycles. The van der Waals surface area contributed by atoms with Crippen molar-refractivity contribution in [2.45, 2.75) is 59.3 Å². The molecule has 0 heterocycles. The maximum absolute atomic E-state index is 2.46. The highest BCUT2D eigenvalue weighted by Gasteiger charge is 2.23. The molecule has 0 unspecified atom stereocenters. The molecule has 0 saturated heterocycles. The van der Waals surface area contributed by atoms with E-state index in [1.807, 2.05) is 0 Å². The Morgan fingerprint density at radius 2 is 1.65 bits per heavy atom. The van der Waals surface area contributed by atoms with Gasteiger partial charge in [-0.3, -0.25) is 0 Å². The Kier molecular flexibility index (Phi) is 5.23. The standard InChI is InChI=1S/C26H32/c1-18(2)22-16-24(21-14-10-11-19(3)15-21)25(26(4,5)6)17-23(22)20-12-8-7-9-13-20/h7-10,12-19H,11H2,1-6H3/t19-/m0/s1. The van der Waals surface area contributed by atoms with E-state index < -0.39 is 0 Å². The van der Waals surface area contributed by atoms with E-state index in [0.29, 0.717) is 11.8 Å². The average Bonchev–Trinajstić information content (AvgIpc) is 2.60. The van der Waals surface area contributed by atoms with Gasteiger partial charge in [0.2, 0.25) is 0 Å². The van der Waals surface area contributed by atoms with Crippen molar-refractivity contribution in [2.75, 3.05) is 0 Å². The van der Waals surface area contributed by atoms with E-state index in [4.69, 9.17) is 0 Å². The topological polar surface area (TPSA) is 0 Å². The van der Waals surface area contributed by atoms with Crippen molar-refractivity contribution in [3.05, 3.63) is 77.4 Å². The van der Waals surface area contributed by atoms with Crippen LogP contribution in [-0.2, 0) is 5.41 Å². The van der Waals surface area contributed by atoms with Gasteiger partial charge >= 0.3 is 0 Å². The van der Waals surface area contributed by atoms with Crippen LogP contribution in [0.1, 0.15) is 70.6 Å². The number of hydrogen-bond acceptors (Lipinski definition) is 0. The Balaban J connectivity index is 2.28. The van der Waals surface area contributed by atoms with Gasteiger partial charge in [-0.25, -0.2) is 0 Å². The normalized spacial score (nSPS) is 17.5. The molecule has 0 N–H and O–H groups in total. The molecule has 0 spiro atoms. The minimum atomic E-state index is 0.101. The summed E-state index contributed by atoms with van der Waals surface area (Å²) in [5.41, 5.74) is 8.46. The van der Waals surface area contributed by atoms with Gasteiger partial charge < -0.3 is 0 Å². The highest BCUT2D eigenvalue weighted by atomic mass is 14.3. The zero-order chi connectivity index (χ0) is 18.9. The predicted octanol–water partition coefficient (Wildman–Crippen LogP) is 7.75. The van der Waals surface area contributed by atoms with Crippen LogP contribution in [-0.4, -0.2) is 0 Å². The third-order valence-corrected chi connectivity index (χ3v) is 5.28. The van der Waals surface area contributed by atoms with Crippen LogP contribution in [0.3, 0.4) is 0 Å². The second-order valence-electron chi connectivity index (χ2n) is 8.99. The first kappa shape index (κ1) is 18.7. The largest absolute Gasteiger partial charge is 0.0834 e. The molecule has 0 radical (unpaired) electrons. The van der Waals surface area contributed by atoms with Gasteiger partial charge in [0, 0.05) is 0 Å². The van der Waals surface area contributed by atoms with Gasteiger partial charge in [0.15, 0.2) is 0 Å². The Hall–Kier alpha value is -2.08. The SMILES string of the molecule is CC(C)c1cc(C2=C[C@@H](C)CC=C2)c(C(C)(C)C)cc1-c1ccccc1. The fourth-order valence-electron chi connectivity index (χ4n) is 3.84. The second kappa shape index (κ2) is 7.27. The smallest absolute Gasteiger partial charge is 0.0125 e. The minimum Gasteiger partial charge on any atom is -0.0834 e. The second-order valence-corrected chi connectivity index (χ2v) is 8.99. The van der Waals surface area contributed by atoms with E-state index >= 15 is 0 Å². The van der Waals surface area contributed by atoms with Crippen LogP contribution < -0.4 is 0 Å². The fourth-order valence-corrected chi connectivity index (χ4v) is 3.84. The van der Waals surface area contributed by atoms with Crippen LogP contribution in [0.2, 0.25) is 0 Å².